The third-order valence-corrected chi connectivity index (χ3v) is 2.60. The normalized spacial score (nSPS) is 9.50. The largest absolute Gasteiger partial charge is 0.462 e. The SMILES string of the molecule is CC.POc1nc2ccccc2nc1CBr. The summed E-state index contributed by atoms with van der Waals surface area (Å²) < 4.78 is 5.06. The van der Waals surface area contributed by atoms with E-state index in [-0.39, 0.29) is 0 Å². The van der Waals surface area contributed by atoms with Crippen LogP contribution < -0.4 is 4.52 Å². The third kappa shape index (κ3) is 2.89. The number of para-hydroxylation sites is 2. The van der Waals surface area contributed by atoms with Crippen LogP contribution in [0, 0.1) is 0 Å². The molecule has 3 nitrogen and oxygen atoms in total. The number of fused-ring (bicyclic) bond motifs is 1. The standard InChI is InChI=1S/C9H8BrN2OP.C2H6/c10-5-8-9(13-14)12-7-4-2-1-3-6(7)11-8;1-2/h1-4H,5,14H2;1-2H3. The Kier molecular flexibility index (Phi) is 5.64. The van der Waals surface area contributed by atoms with Crippen LogP contribution in [-0.2, 0) is 5.33 Å². The Labute approximate surface area is 106 Å². The molecule has 86 valence electrons. The van der Waals surface area contributed by atoms with E-state index < -0.39 is 0 Å². The Morgan fingerprint density at radius 1 is 1.19 bits per heavy atom. The molecule has 0 saturated heterocycles. The van der Waals surface area contributed by atoms with E-state index in [4.69, 9.17) is 4.52 Å². The predicted octanol–water partition coefficient (Wildman–Crippen LogP) is 3.72. The zero-order chi connectivity index (χ0) is 12.0. The van der Waals surface area contributed by atoms with Gasteiger partial charge in [-0.1, -0.05) is 41.9 Å². The Morgan fingerprint density at radius 2 is 1.75 bits per heavy atom. The van der Waals surface area contributed by atoms with Crippen molar-refractivity contribution in [3.8, 4) is 5.88 Å². The first-order valence-corrected chi connectivity index (χ1v) is 6.63. The minimum atomic E-state index is 0.547. The number of nitrogens with zero attached hydrogens (tertiary/aromatic N) is 2. The number of rotatable bonds is 2. The maximum atomic E-state index is 5.06. The van der Waals surface area contributed by atoms with Crippen molar-refractivity contribution in [1.82, 2.24) is 9.97 Å². The van der Waals surface area contributed by atoms with E-state index in [9.17, 15) is 0 Å². The Balaban J connectivity index is 0.000000606. The van der Waals surface area contributed by atoms with Gasteiger partial charge in [0.05, 0.1) is 25.8 Å². The molecular formula is C11H14BrN2OP. The molecule has 0 aliphatic carbocycles. The van der Waals surface area contributed by atoms with E-state index in [1.165, 1.54) is 0 Å². The summed E-state index contributed by atoms with van der Waals surface area (Å²) in [6, 6.07) is 7.71. The highest BCUT2D eigenvalue weighted by molar-refractivity contribution is 9.08. The van der Waals surface area contributed by atoms with Gasteiger partial charge < -0.3 is 4.52 Å². The van der Waals surface area contributed by atoms with Crippen molar-refractivity contribution in [3.63, 3.8) is 0 Å². The van der Waals surface area contributed by atoms with Gasteiger partial charge >= 0.3 is 0 Å². The van der Waals surface area contributed by atoms with Crippen molar-refractivity contribution < 1.29 is 4.52 Å². The van der Waals surface area contributed by atoms with Crippen LogP contribution in [0.25, 0.3) is 11.0 Å². The zero-order valence-corrected chi connectivity index (χ0v) is 12.0. The average Bonchev–Trinajstić information content (AvgIpc) is 2.39. The van der Waals surface area contributed by atoms with Crippen LogP contribution in [0.5, 0.6) is 5.88 Å². The predicted molar refractivity (Wildman–Crippen MR) is 73.9 cm³/mol. The van der Waals surface area contributed by atoms with Gasteiger partial charge in [0, 0.05) is 0 Å². The highest BCUT2D eigenvalue weighted by Crippen LogP contribution is 2.21. The fourth-order valence-electron chi connectivity index (χ4n) is 1.20. The smallest absolute Gasteiger partial charge is 0.239 e. The van der Waals surface area contributed by atoms with E-state index in [0.29, 0.717) is 11.2 Å². The molecule has 2 rings (SSSR count). The highest BCUT2D eigenvalue weighted by atomic mass is 79.9. The van der Waals surface area contributed by atoms with Gasteiger partial charge in [0.2, 0.25) is 5.88 Å². The Hall–Kier alpha value is -0.730. The van der Waals surface area contributed by atoms with Crippen molar-refractivity contribution in [2.45, 2.75) is 19.2 Å². The monoisotopic (exact) mass is 300 g/mol. The Morgan fingerprint density at radius 3 is 2.25 bits per heavy atom. The summed E-state index contributed by atoms with van der Waals surface area (Å²) in [7, 11) is 2.18. The number of halogens is 1. The molecule has 1 atom stereocenters. The lowest BCUT2D eigenvalue weighted by molar-refractivity contribution is 0.606. The maximum Gasteiger partial charge on any atom is 0.239 e. The number of aromatic nitrogens is 2. The second kappa shape index (κ2) is 6.77. The summed E-state index contributed by atoms with van der Waals surface area (Å²) in [6.07, 6.45) is 0. The second-order valence-corrected chi connectivity index (χ2v) is 3.51. The molecule has 0 N–H and O–H groups in total. The van der Waals surface area contributed by atoms with Crippen molar-refractivity contribution in [2.75, 3.05) is 0 Å². The lowest BCUT2D eigenvalue weighted by Gasteiger charge is -2.05. The molecule has 0 bridgehead atoms. The van der Waals surface area contributed by atoms with Crippen molar-refractivity contribution >= 4 is 36.4 Å². The molecule has 0 aliphatic rings. The van der Waals surface area contributed by atoms with Gasteiger partial charge in [0.15, 0.2) is 0 Å². The van der Waals surface area contributed by atoms with Gasteiger partial charge in [-0.2, -0.15) is 0 Å². The van der Waals surface area contributed by atoms with Crippen LogP contribution in [0.2, 0.25) is 0 Å². The summed E-state index contributed by atoms with van der Waals surface area (Å²) in [5.74, 6) is 0.547. The van der Waals surface area contributed by atoms with Crippen LogP contribution in [0.4, 0.5) is 0 Å². The van der Waals surface area contributed by atoms with E-state index in [0.717, 1.165) is 16.7 Å². The maximum absolute atomic E-state index is 5.06. The van der Waals surface area contributed by atoms with Crippen LogP contribution in [0.1, 0.15) is 19.5 Å². The van der Waals surface area contributed by atoms with E-state index in [1.54, 1.807) is 0 Å². The molecule has 16 heavy (non-hydrogen) atoms. The van der Waals surface area contributed by atoms with Gasteiger partial charge in [-0.3, -0.25) is 0 Å². The molecule has 0 fully saturated rings. The number of benzene rings is 1. The highest BCUT2D eigenvalue weighted by Gasteiger charge is 2.06. The summed E-state index contributed by atoms with van der Waals surface area (Å²) in [5.41, 5.74) is 2.53. The molecule has 5 heteroatoms. The molecule has 0 amide bonds. The summed E-state index contributed by atoms with van der Waals surface area (Å²) >= 11 is 3.34. The molecule has 2 aromatic rings. The minimum Gasteiger partial charge on any atom is -0.462 e. The Bertz CT molecular complexity index is 422. The molecule has 0 radical (unpaired) electrons. The van der Waals surface area contributed by atoms with Crippen molar-refractivity contribution in [3.05, 3.63) is 30.0 Å². The minimum absolute atomic E-state index is 0.547. The quantitative estimate of drug-likeness (QED) is 0.626. The van der Waals surface area contributed by atoms with E-state index >= 15 is 0 Å². The zero-order valence-electron chi connectivity index (χ0n) is 9.27. The third-order valence-electron chi connectivity index (χ3n) is 1.84. The molecular weight excluding hydrogens is 287 g/mol. The summed E-state index contributed by atoms with van der Waals surface area (Å²) in [4.78, 5) is 8.75. The van der Waals surface area contributed by atoms with Crippen LogP contribution in [0.3, 0.4) is 0 Å². The van der Waals surface area contributed by atoms with Crippen molar-refractivity contribution in [1.29, 1.82) is 0 Å². The summed E-state index contributed by atoms with van der Waals surface area (Å²) in [5, 5.41) is 0.633. The van der Waals surface area contributed by atoms with Crippen molar-refractivity contribution in [2.24, 2.45) is 0 Å². The summed E-state index contributed by atoms with van der Waals surface area (Å²) in [6.45, 7) is 4.00. The first-order valence-electron chi connectivity index (χ1n) is 5.03. The van der Waals surface area contributed by atoms with Crippen LogP contribution in [0.15, 0.2) is 24.3 Å². The fourth-order valence-corrected chi connectivity index (χ4v) is 1.76. The number of hydrogen-bond donors (Lipinski definition) is 0. The number of hydrogen-bond acceptors (Lipinski definition) is 3. The topological polar surface area (TPSA) is 35.0 Å². The molecule has 0 saturated carbocycles. The van der Waals surface area contributed by atoms with Crippen LogP contribution in [-0.4, -0.2) is 9.97 Å². The number of alkyl halides is 1. The van der Waals surface area contributed by atoms with Gasteiger partial charge in [-0.25, -0.2) is 9.97 Å². The fraction of sp³-hybridized carbons (Fsp3) is 0.273. The van der Waals surface area contributed by atoms with Gasteiger partial charge in [0.25, 0.3) is 0 Å². The first kappa shape index (κ1) is 13.3. The van der Waals surface area contributed by atoms with Gasteiger partial charge in [-0.15, -0.1) is 0 Å². The van der Waals surface area contributed by atoms with Gasteiger partial charge in [-0.05, 0) is 12.1 Å². The van der Waals surface area contributed by atoms with E-state index in [1.807, 2.05) is 38.1 Å². The van der Waals surface area contributed by atoms with Gasteiger partial charge in [0.1, 0.15) is 5.69 Å². The average molecular weight is 301 g/mol. The first-order chi connectivity index (χ1) is 7.85. The molecule has 1 aromatic heterocycles. The molecule has 1 unspecified atom stereocenters. The molecule has 1 heterocycles. The molecule has 1 aromatic carbocycles. The van der Waals surface area contributed by atoms with Crippen LogP contribution >= 0.6 is 25.4 Å². The molecule has 0 aliphatic heterocycles. The van der Waals surface area contributed by atoms with E-state index in [2.05, 4.69) is 35.4 Å². The second-order valence-electron chi connectivity index (χ2n) is 2.72. The lowest BCUT2D eigenvalue weighted by atomic mass is 10.3. The molecule has 0 spiro atoms. The lowest BCUT2D eigenvalue weighted by Crippen LogP contribution is -1.94.